The molecule has 0 unspecified atom stereocenters. The van der Waals surface area contributed by atoms with Gasteiger partial charge < -0.3 is 15.4 Å². The summed E-state index contributed by atoms with van der Waals surface area (Å²) in [5.74, 6) is 0.220. The average molecular weight is 448 g/mol. The predicted octanol–water partition coefficient (Wildman–Crippen LogP) is 5.03. The lowest BCUT2D eigenvalue weighted by atomic mass is 10.1. The molecule has 0 saturated heterocycles. The number of nitrogens with one attached hydrogen (secondary N) is 2. The minimum Gasteiger partial charge on any atom is -0.488 e. The van der Waals surface area contributed by atoms with Crippen molar-refractivity contribution < 1.29 is 14.3 Å². The van der Waals surface area contributed by atoms with Crippen molar-refractivity contribution in [2.45, 2.75) is 6.92 Å². The fraction of sp³-hybridized carbons (Fsp3) is 0.100. The molecular weight excluding hydrogens is 432 g/mol. The van der Waals surface area contributed by atoms with Crippen LogP contribution in [0.4, 0.5) is 11.4 Å². The number of benzene rings is 2. The van der Waals surface area contributed by atoms with Crippen LogP contribution in [0, 0.1) is 0 Å². The Morgan fingerprint density at radius 3 is 2.74 bits per heavy atom. The molecule has 27 heavy (non-hydrogen) atoms. The molecule has 1 aliphatic heterocycles. The van der Waals surface area contributed by atoms with Crippen molar-refractivity contribution in [3.8, 4) is 5.75 Å². The van der Waals surface area contributed by atoms with Gasteiger partial charge in [-0.15, -0.1) is 0 Å². The van der Waals surface area contributed by atoms with Gasteiger partial charge in [0.15, 0.2) is 0 Å². The van der Waals surface area contributed by atoms with E-state index in [1.165, 1.54) is 13.0 Å². The van der Waals surface area contributed by atoms with Crippen molar-refractivity contribution in [1.29, 1.82) is 0 Å². The highest BCUT2D eigenvalue weighted by Gasteiger charge is 2.11. The molecule has 0 saturated carbocycles. The first-order valence-electron chi connectivity index (χ1n) is 8.10. The Bertz CT molecular complexity index is 970. The minimum absolute atomic E-state index is 0.217. The van der Waals surface area contributed by atoms with Crippen molar-refractivity contribution in [1.82, 2.24) is 0 Å². The Morgan fingerprint density at radius 1 is 1.15 bits per heavy atom. The van der Waals surface area contributed by atoms with Crippen LogP contribution in [-0.2, 0) is 9.59 Å². The van der Waals surface area contributed by atoms with E-state index in [9.17, 15) is 9.59 Å². The maximum Gasteiger partial charge on any atom is 0.248 e. The summed E-state index contributed by atoms with van der Waals surface area (Å²) in [5.41, 5.74) is 2.74. The fourth-order valence-corrected chi connectivity index (χ4v) is 3.08. The smallest absolute Gasteiger partial charge is 0.248 e. The van der Waals surface area contributed by atoms with Crippen molar-refractivity contribution in [2.24, 2.45) is 0 Å². The number of hydrogen-bond donors (Lipinski definition) is 2. The average Bonchev–Trinajstić information content (AvgIpc) is 2.61. The molecule has 1 heterocycles. The predicted molar refractivity (Wildman–Crippen MR) is 111 cm³/mol. The Labute approximate surface area is 170 Å². The summed E-state index contributed by atoms with van der Waals surface area (Å²) in [6.07, 6.45) is 5.04. The van der Waals surface area contributed by atoms with Gasteiger partial charge in [0.05, 0.1) is 11.4 Å². The molecule has 0 bridgehead atoms. The molecule has 3 rings (SSSR count). The van der Waals surface area contributed by atoms with Crippen LogP contribution in [0.3, 0.4) is 0 Å². The van der Waals surface area contributed by atoms with Crippen LogP contribution in [-0.4, -0.2) is 18.4 Å². The SMILES string of the molecule is CC(=O)Nc1ccc(Br)cc1NC(=O)/C=C/C1=Cc2cc(Cl)ccc2OC1. The van der Waals surface area contributed by atoms with E-state index in [1.807, 2.05) is 18.2 Å². The summed E-state index contributed by atoms with van der Waals surface area (Å²) in [4.78, 5) is 23.6. The lowest BCUT2D eigenvalue weighted by molar-refractivity contribution is -0.114. The maximum absolute atomic E-state index is 12.3. The Hall–Kier alpha value is -2.57. The highest BCUT2D eigenvalue weighted by molar-refractivity contribution is 9.10. The number of anilines is 2. The standard InChI is InChI=1S/C20H16BrClN2O3/c1-12(25)23-17-5-3-15(21)10-18(17)24-20(26)7-2-13-8-14-9-16(22)4-6-19(14)27-11-13/h2-10H,11H2,1H3,(H,23,25)(H,24,26)/b7-2+. The first-order valence-corrected chi connectivity index (χ1v) is 9.27. The second-order valence-electron chi connectivity index (χ2n) is 5.88. The topological polar surface area (TPSA) is 67.4 Å². The lowest BCUT2D eigenvalue weighted by Crippen LogP contribution is -2.13. The van der Waals surface area contributed by atoms with Crippen molar-refractivity contribution >= 4 is 56.8 Å². The molecule has 0 aliphatic carbocycles. The van der Waals surface area contributed by atoms with Gasteiger partial charge in [-0.1, -0.05) is 33.6 Å². The van der Waals surface area contributed by atoms with Gasteiger partial charge in [0.2, 0.25) is 11.8 Å². The van der Waals surface area contributed by atoms with Crippen LogP contribution >= 0.6 is 27.5 Å². The van der Waals surface area contributed by atoms with Gasteiger partial charge in [0.1, 0.15) is 12.4 Å². The summed E-state index contributed by atoms with van der Waals surface area (Å²) < 4.78 is 6.44. The molecule has 0 atom stereocenters. The van der Waals surface area contributed by atoms with Crippen LogP contribution in [0.5, 0.6) is 5.75 Å². The first kappa shape index (κ1) is 19.2. The quantitative estimate of drug-likeness (QED) is 0.646. The van der Waals surface area contributed by atoms with Crippen molar-refractivity contribution in [3.63, 3.8) is 0 Å². The monoisotopic (exact) mass is 446 g/mol. The fourth-order valence-electron chi connectivity index (χ4n) is 2.54. The molecule has 138 valence electrons. The number of ether oxygens (including phenoxy) is 1. The molecule has 0 fully saturated rings. The third-order valence-corrected chi connectivity index (χ3v) is 4.43. The zero-order valence-electron chi connectivity index (χ0n) is 14.4. The summed E-state index contributed by atoms with van der Waals surface area (Å²) in [6.45, 7) is 1.78. The van der Waals surface area contributed by atoms with Gasteiger partial charge in [-0.05, 0) is 48.0 Å². The van der Waals surface area contributed by atoms with E-state index in [2.05, 4.69) is 26.6 Å². The Balaban J connectivity index is 1.73. The van der Waals surface area contributed by atoms with Crippen LogP contribution in [0.1, 0.15) is 12.5 Å². The molecule has 1 aliphatic rings. The van der Waals surface area contributed by atoms with Crippen LogP contribution in [0.15, 0.2) is 58.6 Å². The largest absolute Gasteiger partial charge is 0.488 e. The number of amides is 2. The molecule has 0 radical (unpaired) electrons. The first-order chi connectivity index (χ1) is 12.9. The minimum atomic E-state index is -0.322. The van der Waals surface area contributed by atoms with E-state index in [0.717, 1.165) is 21.4 Å². The molecule has 0 spiro atoms. The summed E-state index contributed by atoms with van der Waals surface area (Å²) in [5, 5.41) is 6.07. The second kappa shape index (κ2) is 8.41. The highest BCUT2D eigenvalue weighted by atomic mass is 79.9. The van der Waals surface area contributed by atoms with E-state index < -0.39 is 0 Å². The van der Waals surface area contributed by atoms with E-state index in [1.54, 1.807) is 30.3 Å². The van der Waals surface area contributed by atoms with Crippen molar-refractivity contribution in [2.75, 3.05) is 17.2 Å². The molecule has 2 aromatic carbocycles. The van der Waals surface area contributed by atoms with Gasteiger partial charge in [-0.2, -0.15) is 0 Å². The van der Waals surface area contributed by atoms with Gasteiger partial charge in [-0.25, -0.2) is 0 Å². The summed E-state index contributed by atoms with van der Waals surface area (Å²) in [6, 6.07) is 10.6. The highest BCUT2D eigenvalue weighted by Crippen LogP contribution is 2.29. The van der Waals surface area contributed by atoms with E-state index >= 15 is 0 Å². The van der Waals surface area contributed by atoms with Gasteiger partial charge in [0, 0.05) is 28.1 Å². The van der Waals surface area contributed by atoms with E-state index in [0.29, 0.717) is 23.0 Å². The molecular formula is C20H16BrClN2O3. The number of hydrogen-bond acceptors (Lipinski definition) is 3. The van der Waals surface area contributed by atoms with Crippen LogP contribution in [0.25, 0.3) is 6.08 Å². The van der Waals surface area contributed by atoms with E-state index in [4.69, 9.17) is 16.3 Å². The summed E-state index contributed by atoms with van der Waals surface area (Å²) in [7, 11) is 0. The van der Waals surface area contributed by atoms with E-state index in [-0.39, 0.29) is 11.8 Å². The zero-order chi connectivity index (χ0) is 19.4. The van der Waals surface area contributed by atoms with Crippen molar-refractivity contribution in [3.05, 3.63) is 69.2 Å². The number of halogens is 2. The molecule has 7 heteroatoms. The Morgan fingerprint density at radius 2 is 1.96 bits per heavy atom. The Kier molecular flexibility index (Phi) is 5.98. The number of fused-ring (bicyclic) bond motifs is 1. The molecule has 5 nitrogen and oxygen atoms in total. The van der Waals surface area contributed by atoms with Gasteiger partial charge >= 0.3 is 0 Å². The molecule has 2 amide bonds. The molecule has 0 aromatic heterocycles. The second-order valence-corrected chi connectivity index (χ2v) is 7.24. The zero-order valence-corrected chi connectivity index (χ0v) is 16.7. The number of carbonyl (C=O) groups excluding carboxylic acids is 2. The normalized spacial score (nSPS) is 12.8. The van der Waals surface area contributed by atoms with Gasteiger partial charge in [0.25, 0.3) is 0 Å². The number of rotatable bonds is 4. The third kappa shape index (κ3) is 5.21. The van der Waals surface area contributed by atoms with Crippen LogP contribution in [0.2, 0.25) is 5.02 Å². The number of carbonyl (C=O) groups is 2. The van der Waals surface area contributed by atoms with Crippen LogP contribution < -0.4 is 15.4 Å². The molecule has 2 N–H and O–H groups in total. The maximum atomic E-state index is 12.3. The summed E-state index contributed by atoms with van der Waals surface area (Å²) >= 11 is 9.36. The third-order valence-electron chi connectivity index (χ3n) is 3.71. The lowest BCUT2D eigenvalue weighted by Gasteiger charge is -2.16. The molecule has 2 aromatic rings. The van der Waals surface area contributed by atoms with Gasteiger partial charge in [-0.3, -0.25) is 9.59 Å².